The van der Waals surface area contributed by atoms with Crippen LogP contribution in [0.25, 0.3) is 0 Å². The molecule has 0 saturated carbocycles. The van der Waals surface area contributed by atoms with Crippen LogP contribution in [0, 0.1) is 5.41 Å². The van der Waals surface area contributed by atoms with Gasteiger partial charge in [0.2, 0.25) is 11.8 Å². The molecule has 0 bridgehead atoms. The van der Waals surface area contributed by atoms with Gasteiger partial charge in [-0.05, 0) is 45.0 Å². The van der Waals surface area contributed by atoms with E-state index in [-0.39, 0.29) is 17.2 Å². The summed E-state index contributed by atoms with van der Waals surface area (Å²) in [6.07, 6.45) is 5.34. The van der Waals surface area contributed by atoms with E-state index in [2.05, 4.69) is 11.9 Å². The SMILES string of the molecule is CCN(C)CC(=O)N1CCC[C@@]2(CCC(=O)N(Cc3ccccn3)C2)C1. The Morgan fingerprint density at radius 3 is 2.88 bits per heavy atom. The van der Waals surface area contributed by atoms with Crippen LogP contribution >= 0.6 is 0 Å². The van der Waals surface area contributed by atoms with Gasteiger partial charge >= 0.3 is 0 Å². The molecule has 2 amide bonds. The Labute approximate surface area is 156 Å². The number of likely N-dealkylation sites (N-methyl/N-ethyl adjacent to an activating group) is 1. The average molecular weight is 358 g/mol. The number of amides is 2. The van der Waals surface area contributed by atoms with Gasteiger partial charge in [-0.15, -0.1) is 0 Å². The number of nitrogens with zero attached hydrogens (tertiary/aromatic N) is 4. The van der Waals surface area contributed by atoms with E-state index in [9.17, 15) is 9.59 Å². The lowest BCUT2D eigenvalue weighted by Crippen LogP contribution is -2.55. The molecule has 3 rings (SSSR count). The normalized spacial score (nSPS) is 23.7. The van der Waals surface area contributed by atoms with Gasteiger partial charge in [0.15, 0.2) is 0 Å². The Bertz CT molecular complexity index is 636. The first-order valence-corrected chi connectivity index (χ1v) is 9.65. The van der Waals surface area contributed by atoms with Crippen LogP contribution in [0.3, 0.4) is 0 Å². The number of carbonyl (C=O) groups excluding carboxylic acids is 2. The summed E-state index contributed by atoms with van der Waals surface area (Å²) >= 11 is 0. The Balaban J connectivity index is 1.66. The molecule has 1 aromatic rings. The van der Waals surface area contributed by atoms with E-state index >= 15 is 0 Å². The molecule has 6 heteroatoms. The highest BCUT2D eigenvalue weighted by atomic mass is 16.2. The molecule has 26 heavy (non-hydrogen) atoms. The minimum absolute atomic E-state index is 0.0430. The first-order chi connectivity index (χ1) is 12.5. The van der Waals surface area contributed by atoms with Gasteiger partial charge in [-0.1, -0.05) is 13.0 Å². The molecule has 0 unspecified atom stereocenters. The van der Waals surface area contributed by atoms with Gasteiger partial charge in [0.1, 0.15) is 0 Å². The van der Waals surface area contributed by atoms with E-state index < -0.39 is 0 Å². The molecular formula is C20H30N4O2. The van der Waals surface area contributed by atoms with Crippen LogP contribution in [0.2, 0.25) is 0 Å². The maximum absolute atomic E-state index is 12.6. The number of hydrogen-bond donors (Lipinski definition) is 0. The van der Waals surface area contributed by atoms with Crippen LogP contribution in [0.15, 0.2) is 24.4 Å². The third kappa shape index (κ3) is 4.41. The molecular weight excluding hydrogens is 328 g/mol. The van der Waals surface area contributed by atoms with Crippen molar-refractivity contribution in [1.29, 1.82) is 0 Å². The van der Waals surface area contributed by atoms with Crippen molar-refractivity contribution >= 4 is 11.8 Å². The molecule has 6 nitrogen and oxygen atoms in total. The molecule has 3 heterocycles. The Kier molecular flexibility index (Phi) is 5.91. The monoisotopic (exact) mass is 358 g/mol. The van der Waals surface area contributed by atoms with Crippen molar-refractivity contribution in [3.05, 3.63) is 30.1 Å². The molecule has 1 spiro atoms. The lowest BCUT2D eigenvalue weighted by Gasteiger charge is -2.48. The van der Waals surface area contributed by atoms with Crippen molar-refractivity contribution in [1.82, 2.24) is 19.7 Å². The summed E-state index contributed by atoms with van der Waals surface area (Å²) in [5.41, 5.74) is 0.965. The number of rotatable bonds is 5. The molecule has 0 aliphatic carbocycles. The molecule has 1 aromatic heterocycles. The second-order valence-corrected chi connectivity index (χ2v) is 7.82. The van der Waals surface area contributed by atoms with E-state index in [1.54, 1.807) is 6.20 Å². The average Bonchev–Trinajstić information content (AvgIpc) is 2.66. The topological polar surface area (TPSA) is 56.8 Å². The van der Waals surface area contributed by atoms with E-state index in [4.69, 9.17) is 0 Å². The second-order valence-electron chi connectivity index (χ2n) is 7.82. The van der Waals surface area contributed by atoms with Crippen LogP contribution in [0.1, 0.15) is 38.3 Å². The highest BCUT2D eigenvalue weighted by Gasteiger charge is 2.42. The lowest BCUT2D eigenvalue weighted by atomic mass is 9.73. The second kappa shape index (κ2) is 8.16. The summed E-state index contributed by atoms with van der Waals surface area (Å²) in [6.45, 7) is 6.32. The van der Waals surface area contributed by atoms with Crippen LogP contribution < -0.4 is 0 Å². The quantitative estimate of drug-likeness (QED) is 0.805. The zero-order chi connectivity index (χ0) is 18.6. The molecule has 142 valence electrons. The Morgan fingerprint density at radius 2 is 2.15 bits per heavy atom. The number of piperidine rings is 2. The summed E-state index contributed by atoms with van der Waals surface area (Å²) in [5.74, 6) is 0.414. The summed E-state index contributed by atoms with van der Waals surface area (Å²) < 4.78 is 0. The number of carbonyl (C=O) groups is 2. The third-order valence-corrected chi connectivity index (χ3v) is 5.79. The highest BCUT2D eigenvalue weighted by Crippen LogP contribution is 2.39. The van der Waals surface area contributed by atoms with Gasteiger partial charge in [0, 0.05) is 37.7 Å². The van der Waals surface area contributed by atoms with Crippen molar-refractivity contribution in [3.8, 4) is 0 Å². The Morgan fingerprint density at radius 1 is 1.31 bits per heavy atom. The van der Waals surface area contributed by atoms with E-state index in [1.165, 1.54) is 0 Å². The van der Waals surface area contributed by atoms with E-state index in [0.29, 0.717) is 19.5 Å². The fourth-order valence-electron chi connectivity index (χ4n) is 4.13. The number of pyridine rings is 1. The first-order valence-electron chi connectivity index (χ1n) is 9.65. The maximum Gasteiger partial charge on any atom is 0.236 e. The van der Waals surface area contributed by atoms with Crippen molar-refractivity contribution in [2.45, 2.75) is 39.2 Å². The molecule has 2 aliphatic rings. The van der Waals surface area contributed by atoms with Gasteiger partial charge < -0.3 is 9.80 Å². The molecule has 2 aliphatic heterocycles. The van der Waals surface area contributed by atoms with E-state index in [0.717, 1.165) is 51.1 Å². The highest BCUT2D eigenvalue weighted by molar-refractivity contribution is 5.79. The first kappa shape index (κ1) is 18.8. The smallest absolute Gasteiger partial charge is 0.236 e. The molecule has 1 atom stereocenters. The van der Waals surface area contributed by atoms with Crippen LogP contribution in [-0.4, -0.2) is 71.3 Å². The summed E-state index contributed by atoms with van der Waals surface area (Å²) in [5, 5.41) is 0. The minimum atomic E-state index is 0.0430. The Hall–Kier alpha value is -1.95. The van der Waals surface area contributed by atoms with E-state index in [1.807, 2.05) is 39.9 Å². The predicted octanol–water partition coefficient (Wildman–Crippen LogP) is 1.76. The van der Waals surface area contributed by atoms with Crippen molar-refractivity contribution < 1.29 is 9.59 Å². The van der Waals surface area contributed by atoms with Gasteiger partial charge in [-0.3, -0.25) is 19.5 Å². The van der Waals surface area contributed by atoms with Crippen LogP contribution in [0.5, 0.6) is 0 Å². The fraction of sp³-hybridized carbons (Fsp3) is 0.650. The van der Waals surface area contributed by atoms with Gasteiger partial charge in [-0.25, -0.2) is 0 Å². The van der Waals surface area contributed by atoms with Gasteiger partial charge in [0.05, 0.1) is 18.8 Å². The number of likely N-dealkylation sites (tertiary alicyclic amines) is 2. The minimum Gasteiger partial charge on any atom is -0.341 e. The third-order valence-electron chi connectivity index (χ3n) is 5.79. The molecule has 2 fully saturated rings. The van der Waals surface area contributed by atoms with Crippen molar-refractivity contribution in [2.24, 2.45) is 5.41 Å². The molecule has 2 saturated heterocycles. The zero-order valence-electron chi connectivity index (χ0n) is 16.0. The van der Waals surface area contributed by atoms with Gasteiger partial charge in [0.25, 0.3) is 0 Å². The van der Waals surface area contributed by atoms with Crippen molar-refractivity contribution in [2.75, 3.05) is 39.8 Å². The summed E-state index contributed by atoms with van der Waals surface area (Å²) in [6, 6.07) is 5.81. The maximum atomic E-state index is 12.6. The van der Waals surface area contributed by atoms with Crippen LogP contribution in [-0.2, 0) is 16.1 Å². The number of hydrogen-bond acceptors (Lipinski definition) is 4. The van der Waals surface area contributed by atoms with Crippen LogP contribution in [0.4, 0.5) is 0 Å². The van der Waals surface area contributed by atoms with Gasteiger partial charge in [-0.2, -0.15) is 0 Å². The standard InChI is InChI=1S/C20H30N4O2/c1-3-22(2)14-19(26)23-12-6-9-20(15-23)10-8-18(25)24(16-20)13-17-7-4-5-11-21-17/h4-5,7,11H,3,6,8-10,12-16H2,1-2H3/t20-/m1/s1. The zero-order valence-corrected chi connectivity index (χ0v) is 16.0. The summed E-state index contributed by atoms with van der Waals surface area (Å²) in [4.78, 5) is 35.4. The molecule has 0 radical (unpaired) electrons. The number of aromatic nitrogens is 1. The molecule has 0 aromatic carbocycles. The lowest BCUT2D eigenvalue weighted by molar-refractivity contribution is -0.144. The van der Waals surface area contributed by atoms with Crippen molar-refractivity contribution in [3.63, 3.8) is 0 Å². The largest absolute Gasteiger partial charge is 0.341 e. The predicted molar refractivity (Wildman–Crippen MR) is 100 cm³/mol. The molecule has 0 N–H and O–H groups in total. The fourth-order valence-corrected chi connectivity index (χ4v) is 4.13. The summed E-state index contributed by atoms with van der Waals surface area (Å²) in [7, 11) is 1.98.